The number of hydrogen-bond acceptors (Lipinski definition) is 6. The largest absolute Gasteiger partial charge is 0.507 e. The summed E-state index contributed by atoms with van der Waals surface area (Å²) in [5, 5.41) is 13.7. The molecule has 0 saturated heterocycles. The van der Waals surface area contributed by atoms with Crippen LogP contribution in [0.5, 0.6) is 5.75 Å². The fourth-order valence-corrected chi connectivity index (χ4v) is 1.81. The predicted molar refractivity (Wildman–Crippen MR) is 83.4 cm³/mol. The zero-order valence-corrected chi connectivity index (χ0v) is 12.6. The summed E-state index contributed by atoms with van der Waals surface area (Å²) in [5.74, 6) is -1.15. The number of carbonyl (C=O) groups is 2. The molecule has 2 rings (SSSR count). The number of amides is 1. The highest BCUT2D eigenvalue weighted by atomic mass is 16.5. The van der Waals surface area contributed by atoms with Gasteiger partial charge in [-0.2, -0.15) is 5.10 Å². The Morgan fingerprint density at radius 1 is 1.13 bits per heavy atom. The van der Waals surface area contributed by atoms with Crippen LogP contribution in [-0.2, 0) is 4.74 Å². The first-order valence-electron chi connectivity index (χ1n) is 6.71. The van der Waals surface area contributed by atoms with Crippen molar-refractivity contribution < 1.29 is 19.4 Å². The minimum atomic E-state index is -0.631. The molecule has 1 amide bonds. The van der Waals surface area contributed by atoms with Gasteiger partial charge in [-0.3, -0.25) is 4.79 Å². The molecule has 0 aliphatic heterocycles. The van der Waals surface area contributed by atoms with E-state index in [2.05, 4.69) is 20.2 Å². The molecular weight excluding hydrogens is 298 g/mol. The van der Waals surface area contributed by atoms with Crippen LogP contribution in [0.15, 0.2) is 47.6 Å². The lowest BCUT2D eigenvalue weighted by atomic mass is 10.1. The Morgan fingerprint density at radius 3 is 2.52 bits per heavy atom. The van der Waals surface area contributed by atoms with E-state index in [1.165, 1.54) is 31.4 Å². The number of nitrogens with zero attached hydrogens (tertiary/aromatic N) is 2. The third kappa shape index (κ3) is 3.91. The van der Waals surface area contributed by atoms with E-state index in [9.17, 15) is 14.7 Å². The van der Waals surface area contributed by atoms with Crippen molar-refractivity contribution in [3.05, 3.63) is 59.4 Å². The molecule has 0 atom stereocenters. The number of pyridine rings is 1. The summed E-state index contributed by atoms with van der Waals surface area (Å²) in [5.41, 5.74) is 3.33. The van der Waals surface area contributed by atoms with Crippen molar-refractivity contribution in [3.63, 3.8) is 0 Å². The number of aromatic nitrogens is 1. The van der Waals surface area contributed by atoms with E-state index in [0.717, 1.165) is 0 Å². The number of methoxy groups -OCH3 is 1. The van der Waals surface area contributed by atoms with Crippen LogP contribution in [0.1, 0.15) is 33.5 Å². The van der Waals surface area contributed by atoms with Crippen LogP contribution >= 0.6 is 0 Å². The van der Waals surface area contributed by atoms with Crippen LogP contribution in [0.2, 0.25) is 0 Å². The molecule has 0 aliphatic rings. The predicted octanol–water partition coefficient (Wildman–Crippen LogP) is 1.73. The second-order valence-corrected chi connectivity index (χ2v) is 4.55. The van der Waals surface area contributed by atoms with Crippen molar-refractivity contribution >= 4 is 17.6 Å². The van der Waals surface area contributed by atoms with E-state index in [4.69, 9.17) is 0 Å². The molecule has 7 nitrogen and oxygen atoms in total. The van der Waals surface area contributed by atoms with Gasteiger partial charge in [0.05, 0.1) is 12.8 Å². The van der Waals surface area contributed by atoms with Gasteiger partial charge in [0.25, 0.3) is 5.91 Å². The Balaban J connectivity index is 2.15. The highest BCUT2D eigenvalue weighted by molar-refractivity contribution is 6.02. The number of benzene rings is 1. The van der Waals surface area contributed by atoms with Crippen molar-refractivity contribution in [2.24, 2.45) is 5.10 Å². The number of aromatic hydroxyl groups is 1. The van der Waals surface area contributed by atoms with E-state index in [1.54, 1.807) is 25.1 Å². The van der Waals surface area contributed by atoms with Crippen LogP contribution in [0.3, 0.4) is 0 Å². The Hall–Kier alpha value is -3.22. The third-order valence-corrected chi connectivity index (χ3v) is 3.00. The fraction of sp³-hybridized carbons (Fsp3) is 0.125. The third-order valence-electron chi connectivity index (χ3n) is 3.00. The summed E-state index contributed by atoms with van der Waals surface area (Å²) in [6, 6.07) is 11.1. The number of phenols is 1. The number of hydrogen-bond donors (Lipinski definition) is 2. The Labute approximate surface area is 132 Å². The van der Waals surface area contributed by atoms with E-state index >= 15 is 0 Å². The average molecular weight is 313 g/mol. The smallest absolute Gasteiger partial charge is 0.356 e. The van der Waals surface area contributed by atoms with Crippen molar-refractivity contribution in [1.29, 1.82) is 0 Å². The molecule has 1 aromatic heterocycles. The number of hydrazone groups is 1. The molecule has 0 unspecified atom stereocenters. The molecule has 1 heterocycles. The zero-order chi connectivity index (χ0) is 16.8. The second-order valence-electron chi connectivity index (χ2n) is 4.55. The summed E-state index contributed by atoms with van der Waals surface area (Å²) in [4.78, 5) is 27.3. The molecule has 2 N–H and O–H groups in total. The molecule has 23 heavy (non-hydrogen) atoms. The van der Waals surface area contributed by atoms with Gasteiger partial charge in [0.2, 0.25) is 0 Å². The number of rotatable bonds is 4. The number of esters is 1. The monoisotopic (exact) mass is 313 g/mol. The van der Waals surface area contributed by atoms with Crippen molar-refractivity contribution in [3.8, 4) is 5.75 Å². The molecule has 118 valence electrons. The maximum Gasteiger partial charge on any atom is 0.356 e. The molecule has 0 spiro atoms. The summed E-state index contributed by atoms with van der Waals surface area (Å²) >= 11 is 0. The summed E-state index contributed by atoms with van der Waals surface area (Å²) in [6.07, 6.45) is 0. The van der Waals surface area contributed by atoms with Gasteiger partial charge >= 0.3 is 5.97 Å². The normalized spacial score (nSPS) is 11.0. The van der Waals surface area contributed by atoms with Gasteiger partial charge in [-0.1, -0.05) is 18.2 Å². The van der Waals surface area contributed by atoms with Crippen molar-refractivity contribution in [2.45, 2.75) is 6.92 Å². The first-order valence-corrected chi connectivity index (χ1v) is 6.71. The van der Waals surface area contributed by atoms with Crippen LogP contribution in [0, 0.1) is 0 Å². The van der Waals surface area contributed by atoms with Gasteiger partial charge in [0, 0.05) is 5.56 Å². The fourth-order valence-electron chi connectivity index (χ4n) is 1.81. The SMILES string of the molecule is COC(=O)c1cccc(C(=O)N/N=C(\C)c2ccccc2O)n1. The topological polar surface area (TPSA) is 101 Å². The minimum Gasteiger partial charge on any atom is -0.507 e. The first-order chi connectivity index (χ1) is 11.0. The van der Waals surface area contributed by atoms with Gasteiger partial charge in [-0.25, -0.2) is 15.2 Å². The first kappa shape index (κ1) is 16.2. The lowest BCUT2D eigenvalue weighted by Gasteiger charge is -2.05. The maximum absolute atomic E-state index is 12.0. The van der Waals surface area contributed by atoms with E-state index in [0.29, 0.717) is 11.3 Å². The summed E-state index contributed by atoms with van der Waals surface area (Å²) < 4.78 is 4.55. The molecule has 2 aromatic rings. The lowest BCUT2D eigenvalue weighted by Crippen LogP contribution is -2.21. The van der Waals surface area contributed by atoms with Gasteiger partial charge in [0.1, 0.15) is 17.1 Å². The number of phenolic OH excluding ortho intramolecular Hbond substituents is 1. The molecular formula is C16H15N3O4. The Kier molecular flexibility index (Phi) is 5.03. The second kappa shape index (κ2) is 7.17. The van der Waals surface area contributed by atoms with Gasteiger partial charge in [-0.05, 0) is 31.2 Å². The average Bonchev–Trinajstić information content (AvgIpc) is 2.59. The summed E-state index contributed by atoms with van der Waals surface area (Å²) in [6.45, 7) is 1.65. The van der Waals surface area contributed by atoms with Crippen LogP contribution in [0.25, 0.3) is 0 Å². The number of ether oxygens (including phenoxy) is 1. The number of para-hydroxylation sites is 1. The molecule has 0 radical (unpaired) electrons. The molecule has 7 heteroatoms. The molecule has 0 fully saturated rings. The van der Waals surface area contributed by atoms with E-state index in [-0.39, 0.29) is 17.1 Å². The Morgan fingerprint density at radius 2 is 1.83 bits per heavy atom. The quantitative estimate of drug-likeness (QED) is 0.508. The van der Waals surface area contributed by atoms with Crippen molar-refractivity contribution in [2.75, 3.05) is 7.11 Å². The molecule has 1 aromatic carbocycles. The molecule has 0 aliphatic carbocycles. The highest BCUT2D eigenvalue weighted by Gasteiger charge is 2.12. The lowest BCUT2D eigenvalue weighted by molar-refractivity contribution is 0.0594. The zero-order valence-electron chi connectivity index (χ0n) is 12.6. The maximum atomic E-state index is 12.0. The van der Waals surface area contributed by atoms with Gasteiger partial charge in [-0.15, -0.1) is 0 Å². The minimum absolute atomic E-state index is 0.0292. The van der Waals surface area contributed by atoms with E-state index in [1.807, 2.05) is 0 Å². The van der Waals surface area contributed by atoms with Crippen LogP contribution < -0.4 is 5.43 Å². The van der Waals surface area contributed by atoms with Crippen LogP contribution in [0.4, 0.5) is 0 Å². The summed E-state index contributed by atoms with van der Waals surface area (Å²) in [7, 11) is 1.23. The number of carbonyl (C=O) groups excluding carboxylic acids is 2. The van der Waals surface area contributed by atoms with Crippen molar-refractivity contribution in [1.82, 2.24) is 10.4 Å². The van der Waals surface area contributed by atoms with Crippen LogP contribution in [-0.4, -0.2) is 34.8 Å². The Bertz CT molecular complexity index is 771. The molecule has 0 bridgehead atoms. The standard InChI is InChI=1S/C16H15N3O4/c1-10(11-6-3-4-9-14(11)20)18-19-15(21)12-7-5-8-13(17-12)16(22)23-2/h3-9,20H,1-2H3,(H,19,21)/b18-10+. The van der Waals surface area contributed by atoms with E-state index < -0.39 is 11.9 Å². The van der Waals surface area contributed by atoms with Gasteiger partial charge < -0.3 is 9.84 Å². The number of nitrogens with one attached hydrogen (secondary N) is 1. The van der Waals surface area contributed by atoms with Gasteiger partial charge in [0.15, 0.2) is 0 Å². The molecule has 0 saturated carbocycles. The highest BCUT2D eigenvalue weighted by Crippen LogP contribution is 2.16.